The number of allylic oxidation sites excluding steroid dienone is 8. The second kappa shape index (κ2) is 4.81. The Balaban J connectivity index is 0.000000980. The zero-order chi connectivity index (χ0) is 9.26. The molecule has 2 aliphatic rings. The molecule has 14 heavy (non-hydrogen) atoms. The molecule has 2 aliphatic carbocycles. The van der Waals surface area contributed by atoms with E-state index < -0.39 is 7.12 Å². The van der Waals surface area contributed by atoms with Gasteiger partial charge in [0.25, 0.3) is 0 Å². The third kappa shape index (κ3) is 2.10. The minimum absolute atomic E-state index is 0. The summed E-state index contributed by atoms with van der Waals surface area (Å²) in [7, 11) is -1.36. The zero-order valence-electron chi connectivity index (χ0n) is 7.55. The molecule has 0 aliphatic heterocycles. The van der Waals surface area contributed by atoms with Crippen LogP contribution in [-0.2, 0) is 17.1 Å². The largest absolute Gasteiger partial charge is 0.475 e. The summed E-state index contributed by atoms with van der Waals surface area (Å²) >= 11 is 0. The molecular weight excluding hydrogens is 219 g/mol. The normalized spacial score (nSPS) is 18.6. The average molecular weight is 229 g/mol. The first kappa shape index (κ1) is 11.5. The molecule has 0 fully saturated rings. The predicted octanol–water partition coefficient (Wildman–Crippen LogP) is 0.942. The fraction of sp³-hybridized carbons (Fsp3) is 0.200. The summed E-state index contributed by atoms with van der Waals surface area (Å²) in [4.78, 5) is 0. The van der Waals surface area contributed by atoms with E-state index in [1.165, 1.54) is 0 Å². The Bertz CT molecular complexity index is 340. The number of rotatable bonds is 2. The Morgan fingerprint density at radius 3 is 2.57 bits per heavy atom. The van der Waals surface area contributed by atoms with Crippen molar-refractivity contribution in [2.45, 2.75) is 12.8 Å². The average Bonchev–Trinajstić information content (AvgIpc) is 2.74. The fourth-order valence-electron chi connectivity index (χ4n) is 1.64. The van der Waals surface area contributed by atoms with Crippen molar-refractivity contribution in [3.05, 3.63) is 47.0 Å². The Labute approximate surface area is 94.3 Å². The van der Waals surface area contributed by atoms with Crippen LogP contribution in [0.2, 0.25) is 0 Å². The van der Waals surface area contributed by atoms with Crippen LogP contribution < -0.4 is 0 Å². The van der Waals surface area contributed by atoms with Crippen LogP contribution in [0.3, 0.4) is 0 Å². The zero-order valence-corrected chi connectivity index (χ0v) is 8.65. The maximum atomic E-state index is 9.06. The molecule has 0 bridgehead atoms. The molecule has 0 aromatic rings. The van der Waals surface area contributed by atoms with Gasteiger partial charge in [0.1, 0.15) is 0 Å². The second-order valence-corrected chi connectivity index (χ2v) is 3.11. The van der Waals surface area contributed by atoms with Crippen molar-refractivity contribution < 1.29 is 27.1 Å². The second-order valence-electron chi connectivity index (χ2n) is 3.11. The summed E-state index contributed by atoms with van der Waals surface area (Å²) < 4.78 is 0. The van der Waals surface area contributed by atoms with Gasteiger partial charge < -0.3 is 10.0 Å². The van der Waals surface area contributed by atoms with E-state index in [0.717, 1.165) is 24.0 Å². The van der Waals surface area contributed by atoms with Crippen LogP contribution in [0, 0.1) is 6.08 Å². The predicted molar refractivity (Wildman–Crippen MR) is 51.5 cm³/mol. The maximum Gasteiger partial charge on any atom is 0.475 e. The number of hydrogen-bond donors (Lipinski definition) is 2. The standard InChI is InChI=1S/C10H10BO2.Fe/c12-11(13)10-7-3-6-9(10)8-4-1-2-5-8;/h1,3-4,7,12-13H,2,6H2;/q-1;. The first-order valence-corrected chi connectivity index (χ1v) is 4.32. The monoisotopic (exact) mass is 229 g/mol. The van der Waals surface area contributed by atoms with Crippen LogP contribution in [0.25, 0.3) is 0 Å². The first-order valence-electron chi connectivity index (χ1n) is 4.32. The third-order valence-corrected chi connectivity index (χ3v) is 2.27. The van der Waals surface area contributed by atoms with E-state index in [2.05, 4.69) is 6.08 Å². The van der Waals surface area contributed by atoms with Gasteiger partial charge in [-0.15, -0.1) is 11.6 Å². The van der Waals surface area contributed by atoms with Gasteiger partial charge in [-0.2, -0.15) is 17.7 Å². The summed E-state index contributed by atoms with van der Waals surface area (Å²) in [5.41, 5.74) is 2.60. The van der Waals surface area contributed by atoms with Crippen molar-refractivity contribution in [1.29, 1.82) is 0 Å². The molecule has 0 spiro atoms. The van der Waals surface area contributed by atoms with Crippen molar-refractivity contribution in [3.63, 3.8) is 0 Å². The summed E-state index contributed by atoms with van der Waals surface area (Å²) in [5.74, 6) is 0. The minimum Gasteiger partial charge on any atom is -0.424 e. The van der Waals surface area contributed by atoms with E-state index in [1.54, 1.807) is 6.08 Å². The van der Waals surface area contributed by atoms with Crippen molar-refractivity contribution in [2.75, 3.05) is 0 Å². The minimum atomic E-state index is -1.36. The Hall–Kier alpha value is -0.536. The van der Waals surface area contributed by atoms with Gasteiger partial charge in [0.05, 0.1) is 0 Å². The SMILES string of the molecule is OB(O)C1=C(C2=[C-]CC=C2)CC=C1.[Fe]. The van der Waals surface area contributed by atoms with E-state index in [-0.39, 0.29) is 17.1 Å². The molecule has 4 heteroatoms. The van der Waals surface area contributed by atoms with E-state index in [9.17, 15) is 0 Å². The smallest absolute Gasteiger partial charge is 0.424 e. The molecule has 2 N–H and O–H groups in total. The van der Waals surface area contributed by atoms with Gasteiger partial charge in [-0.25, -0.2) is 0 Å². The van der Waals surface area contributed by atoms with E-state index in [0.29, 0.717) is 5.47 Å². The Morgan fingerprint density at radius 2 is 2.00 bits per heavy atom. The summed E-state index contributed by atoms with van der Waals surface area (Å²) in [6, 6.07) is 0. The molecule has 2 rings (SSSR count). The van der Waals surface area contributed by atoms with Gasteiger partial charge in [-0.3, -0.25) is 0 Å². The van der Waals surface area contributed by atoms with Crippen molar-refractivity contribution in [2.24, 2.45) is 0 Å². The van der Waals surface area contributed by atoms with Crippen LogP contribution in [-0.4, -0.2) is 17.2 Å². The van der Waals surface area contributed by atoms with Gasteiger partial charge in [0.2, 0.25) is 0 Å². The molecular formula is C10H10BFeO2-. The van der Waals surface area contributed by atoms with Gasteiger partial charge in [0.15, 0.2) is 0 Å². The molecule has 0 unspecified atom stereocenters. The Kier molecular flexibility index (Phi) is 3.96. The summed E-state index contributed by atoms with van der Waals surface area (Å²) in [5, 5.41) is 18.1. The van der Waals surface area contributed by atoms with Crippen molar-refractivity contribution in [1.82, 2.24) is 0 Å². The first-order chi connectivity index (χ1) is 6.29. The van der Waals surface area contributed by atoms with Crippen LogP contribution in [0.4, 0.5) is 0 Å². The van der Waals surface area contributed by atoms with E-state index in [1.807, 2.05) is 18.2 Å². The van der Waals surface area contributed by atoms with Gasteiger partial charge in [-0.1, -0.05) is 30.5 Å². The molecule has 0 aromatic heterocycles. The molecule has 0 atom stereocenters. The molecule has 0 radical (unpaired) electrons. The molecule has 0 saturated carbocycles. The van der Waals surface area contributed by atoms with Crippen LogP contribution in [0.5, 0.6) is 0 Å². The van der Waals surface area contributed by atoms with E-state index in [4.69, 9.17) is 10.0 Å². The van der Waals surface area contributed by atoms with Gasteiger partial charge in [0, 0.05) is 17.1 Å². The van der Waals surface area contributed by atoms with Crippen molar-refractivity contribution >= 4 is 7.12 Å². The molecule has 2 nitrogen and oxygen atoms in total. The van der Waals surface area contributed by atoms with E-state index >= 15 is 0 Å². The van der Waals surface area contributed by atoms with Crippen molar-refractivity contribution in [3.8, 4) is 0 Å². The molecule has 0 amide bonds. The fourth-order valence-corrected chi connectivity index (χ4v) is 1.64. The molecule has 0 aromatic carbocycles. The molecule has 0 heterocycles. The third-order valence-electron chi connectivity index (χ3n) is 2.27. The van der Waals surface area contributed by atoms with Gasteiger partial charge >= 0.3 is 7.12 Å². The summed E-state index contributed by atoms with van der Waals surface area (Å²) in [6.45, 7) is 0. The number of hydrogen-bond acceptors (Lipinski definition) is 2. The van der Waals surface area contributed by atoms with Crippen LogP contribution >= 0.6 is 0 Å². The van der Waals surface area contributed by atoms with Gasteiger partial charge in [-0.05, 0) is 0 Å². The maximum absolute atomic E-state index is 9.06. The Morgan fingerprint density at radius 1 is 1.21 bits per heavy atom. The molecule has 74 valence electrons. The van der Waals surface area contributed by atoms with Crippen LogP contribution in [0.15, 0.2) is 40.9 Å². The van der Waals surface area contributed by atoms with Crippen LogP contribution in [0.1, 0.15) is 12.8 Å². The summed E-state index contributed by atoms with van der Waals surface area (Å²) in [6.07, 6.45) is 12.5. The topological polar surface area (TPSA) is 40.5 Å². The quantitative estimate of drug-likeness (QED) is 0.546. The molecule has 0 saturated heterocycles.